The molecule has 0 amide bonds. The van der Waals surface area contributed by atoms with E-state index in [1.165, 1.54) is 12.8 Å². The van der Waals surface area contributed by atoms with Crippen molar-refractivity contribution in [2.24, 2.45) is 5.92 Å². The maximum atomic E-state index is 13.8. The number of nitrogens with zero attached hydrogens (tertiary/aromatic N) is 1. The van der Waals surface area contributed by atoms with Gasteiger partial charge in [-0.2, -0.15) is 0 Å². The minimum atomic E-state index is -0.761. The molecular formula is C17H22ClFN2O2. The van der Waals surface area contributed by atoms with Crippen LogP contribution in [0, 0.1) is 11.7 Å². The second kappa shape index (κ2) is 7.16. The number of aliphatic carboxylic acids is 1. The summed E-state index contributed by atoms with van der Waals surface area (Å²) in [4.78, 5) is 13.1. The Bertz CT molecular complexity index is 574. The van der Waals surface area contributed by atoms with E-state index in [1.54, 1.807) is 18.2 Å². The van der Waals surface area contributed by atoms with Crippen LogP contribution >= 0.6 is 11.6 Å². The maximum Gasteiger partial charge on any atom is 0.317 e. The zero-order valence-electron chi connectivity index (χ0n) is 13.0. The van der Waals surface area contributed by atoms with Crippen LogP contribution in [-0.2, 0) is 11.3 Å². The van der Waals surface area contributed by atoms with Gasteiger partial charge >= 0.3 is 5.97 Å². The van der Waals surface area contributed by atoms with Gasteiger partial charge in [0.15, 0.2) is 0 Å². The molecule has 0 spiro atoms. The second-order valence-electron chi connectivity index (χ2n) is 6.68. The smallest absolute Gasteiger partial charge is 0.317 e. The Hall–Kier alpha value is -1.17. The average molecular weight is 341 g/mol. The van der Waals surface area contributed by atoms with Crippen molar-refractivity contribution in [1.29, 1.82) is 0 Å². The van der Waals surface area contributed by atoms with E-state index in [4.69, 9.17) is 16.7 Å². The summed E-state index contributed by atoms with van der Waals surface area (Å²) in [6, 6.07) is 5.66. The Kier molecular flexibility index (Phi) is 5.19. The lowest BCUT2D eigenvalue weighted by molar-refractivity contribution is -0.139. The SMILES string of the molecule is O=C(O)CN(CC1CC1)C1CC(NCc2cccc(Cl)c2F)C1. The highest BCUT2D eigenvalue weighted by Crippen LogP contribution is 2.33. The van der Waals surface area contributed by atoms with Crippen LogP contribution in [0.2, 0.25) is 5.02 Å². The van der Waals surface area contributed by atoms with Gasteiger partial charge in [0.2, 0.25) is 0 Å². The fourth-order valence-electron chi connectivity index (χ4n) is 3.14. The van der Waals surface area contributed by atoms with Crippen LogP contribution in [0.3, 0.4) is 0 Å². The van der Waals surface area contributed by atoms with Gasteiger partial charge < -0.3 is 10.4 Å². The van der Waals surface area contributed by atoms with Gasteiger partial charge in [0.25, 0.3) is 0 Å². The van der Waals surface area contributed by atoms with E-state index < -0.39 is 5.97 Å². The zero-order chi connectivity index (χ0) is 16.4. The molecule has 2 fully saturated rings. The summed E-state index contributed by atoms with van der Waals surface area (Å²) in [7, 11) is 0. The van der Waals surface area contributed by atoms with Gasteiger partial charge in [0, 0.05) is 30.7 Å². The number of carboxylic acids is 1. The van der Waals surface area contributed by atoms with Crippen molar-refractivity contribution >= 4 is 17.6 Å². The molecule has 1 aromatic rings. The molecule has 2 N–H and O–H groups in total. The number of carbonyl (C=O) groups is 1. The number of carboxylic acid groups (broad SMARTS) is 1. The molecule has 0 atom stereocenters. The van der Waals surface area contributed by atoms with Crippen LogP contribution in [0.25, 0.3) is 0 Å². The van der Waals surface area contributed by atoms with Gasteiger partial charge in [-0.1, -0.05) is 23.7 Å². The van der Waals surface area contributed by atoms with Gasteiger partial charge in [-0.05, 0) is 37.7 Å². The Balaban J connectivity index is 1.46. The predicted octanol–water partition coefficient (Wildman–Crippen LogP) is 2.90. The first kappa shape index (κ1) is 16.7. The van der Waals surface area contributed by atoms with E-state index in [2.05, 4.69) is 10.2 Å². The molecule has 23 heavy (non-hydrogen) atoms. The predicted molar refractivity (Wildman–Crippen MR) is 87.0 cm³/mol. The number of hydrogen-bond donors (Lipinski definition) is 2. The number of nitrogens with one attached hydrogen (secondary N) is 1. The normalized spacial score (nSPS) is 23.8. The number of halogens is 2. The van der Waals surface area contributed by atoms with E-state index in [0.717, 1.165) is 19.4 Å². The van der Waals surface area contributed by atoms with E-state index >= 15 is 0 Å². The van der Waals surface area contributed by atoms with Gasteiger partial charge in [-0.25, -0.2) is 4.39 Å². The first-order valence-corrected chi connectivity index (χ1v) is 8.53. The highest BCUT2D eigenvalue weighted by molar-refractivity contribution is 6.30. The van der Waals surface area contributed by atoms with E-state index in [9.17, 15) is 9.18 Å². The monoisotopic (exact) mass is 340 g/mol. The molecule has 0 radical (unpaired) electrons. The van der Waals surface area contributed by atoms with E-state index in [0.29, 0.717) is 30.1 Å². The number of hydrogen-bond acceptors (Lipinski definition) is 3. The average Bonchev–Trinajstić information content (AvgIpc) is 3.24. The van der Waals surface area contributed by atoms with Crippen molar-refractivity contribution in [3.63, 3.8) is 0 Å². The molecule has 0 bridgehead atoms. The first-order chi connectivity index (χ1) is 11.0. The summed E-state index contributed by atoms with van der Waals surface area (Å²) in [5.74, 6) is -0.441. The minimum Gasteiger partial charge on any atom is -0.480 e. The fraction of sp³-hybridized carbons (Fsp3) is 0.588. The summed E-state index contributed by atoms with van der Waals surface area (Å²) in [6.45, 7) is 1.47. The Morgan fingerprint density at radius 1 is 1.39 bits per heavy atom. The van der Waals surface area contributed by atoms with Crippen molar-refractivity contribution in [3.05, 3.63) is 34.6 Å². The van der Waals surface area contributed by atoms with Crippen LogP contribution in [0.4, 0.5) is 4.39 Å². The molecule has 2 aliphatic rings. The number of rotatable bonds is 8. The van der Waals surface area contributed by atoms with Crippen LogP contribution in [0.5, 0.6) is 0 Å². The maximum absolute atomic E-state index is 13.8. The Morgan fingerprint density at radius 2 is 2.13 bits per heavy atom. The van der Waals surface area contributed by atoms with Crippen LogP contribution in [0.1, 0.15) is 31.2 Å². The lowest BCUT2D eigenvalue weighted by Gasteiger charge is -2.43. The molecule has 0 saturated heterocycles. The van der Waals surface area contributed by atoms with Crippen molar-refractivity contribution in [3.8, 4) is 0 Å². The second-order valence-corrected chi connectivity index (χ2v) is 7.09. The van der Waals surface area contributed by atoms with Crippen LogP contribution in [-0.4, -0.2) is 41.1 Å². The fourth-order valence-corrected chi connectivity index (χ4v) is 3.33. The molecule has 0 aromatic heterocycles. The van der Waals surface area contributed by atoms with Crippen molar-refractivity contribution in [2.45, 2.75) is 44.3 Å². The quantitative estimate of drug-likeness (QED) is 0.764. The van der Waals surface area contributed by atoms with Crippen LogP contribution in [0.15, 0.2) is 18.2 Å². The Labute approximate surface area is 140 Å². The van der Waals surface area contributed by atoms with Crippen molar-refractivity contribution in [2.75, 3.05) is 13.1 Å². The molecule has 0 aliphatic heterocycles. The molecule has 3 rings (SSSR count). The van der Waals surface area contributed by atoms with Gasteiger partial charge in [-0.3, -0.25) is 9.69 Å². The largest absolute Gasteiger partial charge is 0.480 e. The molecule has 6 heteroatoms. The lowest BCUT2D eigenvalue weighted by Crippen LogP contribution is -2.54. The summed E-state index contributed by atoms with van der Waals surface area (Å²) in [5.41, 5.74) is 0.571. The minimum absolute atomic E-state index is 0.122. The van der Waals surface area contributed by atoms with E-state index in [1.807, 2.05) is 0 Å². The zero-order valence-corrected chi connectivity index (χ0v) is 13.7. The lowest BCUT2D eigenvalue weighted by atomic mass is 9.85. The van der Waals surface area contributed by atoms with Gasteiger partial charge in [0.1, 0.15) is 5.82 Å². The van der Waals surface area contributed by atoms with Gasteiger partial charge in [-0.15, -0.1) is 0 Å². The molecule has 126 valence electrons. The molecule has 1 aromatic carbocycles. The highest BCUT2D eigenvalue weighted by atomic mass is 35.5. The summed E-state index contributed by atoms with van der Waals surface area (Å²) >= 11 is 5.78. The molecular weight excluding hydrogens is 319 g/mol. The summed E-state index contributed by atoms with van der Waals surface area (Å²) in [6.07, 6.45) is 4.28. The topological polar surface area (TPSA) is 52.6 Å². The third kappa shape index (κ3) is 4.43. The number of benzene rings is 1. The summed E-state index contributed by atoms with van der Waals surface area (Å²) < 4.78 is 13.8. The molecule has 4 nitrogen and oxygen atoms in total. The first-order valence-electron chi connectivity index (χ1n) is 8.15. The third-order valence-corrected chi connectivity index (χ3v) is 5.06. The highest BCUT2D eigenvalue weighted by Gasteiger charge is 2.36. The molecule has 0 unspecified atom stereocenters. The van der Waals surface area contributed by atoms with E-state index in [-0.39, 0.29) is 17.4 Å². The van der Waals surface area contributed by atoms with Gasteiger partial charge in [0.05, 0.1) is 11.6 Å². The molecule has 2 saturated carbocycles. The third-order valence-electron chi connectivity index (χ3n) is 4.77. The molecule has 0 heterocycles. The molecule has 2 aliphatic carbocycles. The van der Waals surface area contributed by atoms with Crippen LogP contribution < -0.4 is 5.32 Å². The van der Waals surface area contributed by atoms with Crippen molar-refractivity contribution in [1.82, 2.24) is 10.2 Å². The standard InChI is InChI=1S/C17H22ClFN2O2/c18-15-3-1-2-12(17(15)19)8-20-13-6-14(7-13)21(10-16(22)23)9-11-4-5-11/h1-3,11,13-14,20H,4-10H2,(H,22,23). The van der Waals surface area contributed by atoms with Crippen molar-refractivity contribution < 1.29 is 14.3 Å². The Morgan fingerprint density at radius 3 is 2.78 bits per heavy atom. The summed E-state index contributed by atoms with van der Waals surface area (Å²) in [5, 5.41) is 12.5.